The van der Waals surface area contributed by atoms with Gasteiger partial charge in [0.1, 0.15) is 0 Å². The highest BCUT2D eigenvalue weighted by molar-refractivity contribution is 5.87. The van der Waals surface area contributed by atoms with E-state index in [2.05, 4.69) is 35.8 Å². The van der Waals surface area contributed by atoms with Gasteiger partial charge in [0.05, 0.1) is 12.5 Å². The monoisotopic (exact) mass is 270 g/mol. The summed E-state index contributed by atoms with van der Waals surface area (Å²) in [6.45, 7) is 15.6. The minimum atomic E-state index is -0.981. The molecule has 0 aromatic rings. The van der Waals surface area contributed by atoms with Gasteiger partial charge < -0.3 is 14.6 Å². The van der Waals surface area contributed by atoms with Crippen LogP contribution in [0.5, 0.6) is 0 Å². The summed E-state index contributed by atoms with van der Waals surface area (Å²) in [7, 11) is 0. The van der Waals surface area contributed by atoms with Crippen LogP contribution in [-0.4, -0.2) is 23.0 Å². The van der Waals surface area contributed by atoms with Crippen molar-refractivity contribution in [2.24, 2.45) is 0 Å². The average molecular weight is 270 g/mol. The molecule has 6 heteroatoms. The van der Waals surface area contributed by atoms with Crippen molar-refractivity contribution >= 4 is 17.9 Å². The molecule has 0 fully saturated rings. The summed E-state index contributed by atoms with van der Waals surface area (Å²) in [5.74, 6) is -1.74. The Kier molecular flexibility index (Phi) is 17.5. The van der Waals surface area contributed by atoms with Gasteiger partial charge >= 0.3 is 17.9 Å². The molecule has 0 unspecified atom stereocenters. The van der Waals surface area contributed by atoms with Crippen LogP contribution in [0.1, 0.15) is 13.8 Å². The number of carboxylic acid groups (broad SMARTS) is 1. The molecule has 0 rings (SSSR count). The molecule has 6 nitrogen and oxygen atoms in total. The topological polar surface area (TPSA) is 89.9 Å². The van der Waals surface area contributed by atoms with Gasteiger partial charge in [-0.25, -0.2) is 9.59 Å². The summed E-state index contributed by atoms with van der Waals surface area (Å²) in [5, 5.41) is 7.60. The number of aliphatic carboxylic acids is 1. The lowest BCUT2D eigenvalue weighted by Gasteiger charge is -1.92. The van der Waals surface area contributed by atoms with Crippen LogP contribution in [0, 0.1) is 0 Å². The molecule has 0 spiro atoms. The molecule has 0 bridgehead atoms. The highest BCUT2D eigenvalue weighted by Crippen LogP contribution is 1.90. The van der Waals surface area contributed by atoms with Crippen LogP contribution < -0.4 is 0 Å². The van der Waals surface area contributed by atoms with Crippen LogP contribution in [0.2, 0.25) is 0 Å². The van der Waals surface area contributed by atoms with E-state index < -0.39 is 11.9 Å². The van der Waals surface area contributed by atoms with Crippen molar-refractivity contribution in [3.63, 3.8) is 0 Å². The largest absolute Gasteiger partial charge is 0.478 e. The summed E-state index contributed by atoms with van der Waals surface area (Å²) in [5.41, 5.74) is 0.380. The normalized spacial score (nSPS) is 7.05. The minimum absolute atomic E-state index is 0.329. The lowest BCUT2D eigenvalue weighted by atomic mass is 10.4. The van der Waals surface area contributed by atoms with Crippen LogP contribution in [0.3, 0.4) is 0 Å². The second-order valence-corrected chi connectivity index (χ2v) is 2.67. The van der Waals surface area contributed by atoms with E-state index in [0.717, 1.165) is 18.6 Å². The molecule has 0 aromatic heterocycles. The number of esters is 2. The first-order valence-corrected chi connectivity index (χ1v) is 4.83. The second-order valence-electron chi connectivity index (χ2n) is 2.67. The lowest BCUT2D eigenvalue weighted by Crippen LogP contribution is -1.98. The van der Waals surface area contributed by atoms with Gasteiger partial charge in [0, 0.05) is 18.6 Å². The summed E-state index contributed by atoms with van der Waals surface area (Å²) < 4.78 is 8.50. The maximum absolute atomic E-state index is 10.3. The first-order valence-electron chi connectivity index (χ1n) is 4.83. The predicted molar refractivity (Wildman–Crippen MR) is 70.9 cm³/mol. The highest BCUT2D eigenvalue weighted by Gasteiger charge is 1.97. The van der Waals surface area contributed by atoms with Crippen LogP contribution in [0.4, 0.5) is 0 Å². The molecule has 0 aliphatic carbocycles. The van der Waals surface area contributed by atoms with Gasteiger partial charge in [-0.3, -0.25) is 4.79 Å². The van der Waals surface area contributed by atoms with E-state index >= 15 is 0 Å². The zero-order valence-corrected chi connectivity index (χ0v) is 11.0. The van der Waals surface area contributed by atoms with Crippen molar-refractivity contribution in [1.82, 2.24) is 0 Å². The molecule has 106 valence electrons. The van der Waals surface area contributed by atoms with Gasteiger partial charge in [-0.1, -0.05) is 26.3 Å². The van der Waals surface area contributed by atoms with Crippen molar-refractivity contribution < 1.29 is 29.0 Å². The van der Waals surface area contributed by atoms with E-state index in [1.165, 1.54) is 6.92 Å². The molecule has 0 saturated heterocycles. The molecule has 0 aliphatic rings. The molecule has 0 atom stereocenters. The van der Waals surface area contributed by atoms with Crippen molar-refractivity contribution in [2.45, 2.75) is 13.8 Å². The first kappa shape index (κ1) is 21.6. The number of rotatable bonds is 4. The third kappa shape index (κ3) is 31.3. The minimum Gasteiger partial charge on any atom is -0.478 e. The molecular formula is C13H18O6. The van der Waals surface area contributed by atoms with Crippen LogP contribution in [0.15, 0.2) is 50.5 Å². The second kappa shape index (κ2) is 15.4. The van der Waals surface area contributed by atoms with Crippen LogP contribution >= 0.6 is 0 Å². The Bertz CT molecular complexity index is 354. The van der Waals surface area contributed by atoms with Crippen LogP contribution in [-0.2, 0) is 23.9 Å². The number of carboxylic acids is 1. The van der Waals surface area contributed by atoms with Gasteiger partial charge in [-0.05, 0) is 6.92 Å². The summed E-state index contributed by atoms with van der Waals surface area (Å²) in [4.78, 5) is 29.4. The quantitative estimate of drug-likeness (QED) is 0.478. The average Bonchev–Trinajstić information content (AvgIpc) is 2.30. The Labute approximate surface area is 112 Å². The molecule has 0 aliphatic heterocycles. The Morgan fingerprint density at radius 1 is 1.00 bits per heavy atom. The maximum atomic E-state index is 10.3. The zero-order chi connectivity index (χ0) is 15.8. The number of ether oxygens (including phenoxy) is 2. The van der Waals surface area contributed by atoms with E-state index in [1.807, 2.05) is 0 Å². The first-order chi connectivity index (χ1) is 8.72. The van der Waals surface area contributed by atoms with E-state index in [-0.39, 0.29) is 5.97 Å². The van der Waals surface area contributed by atoms with Crippen molar-refractivity contribution in [2.75, 3.05) is 0 Å². The molecule has 0 radical (unpaired) electrons. The van der Waals surface area contributed by atoms with Gasteiger partial charge in [0.15, 0.2) is 0 Å². The molecule has 0 saturated carbocycles. The van der Waals surface area contributed by atoms with E-state index in [0.29, 0.717) is 5.57 Å². The van der Waals surface area contributed by atoms with E-state index in [9.17, 15) is 14.4 Å². The third-order valence-electron chi connectivity index (χ3n) is 0.963. The van der Waals surface area contributed by atoms with Gasteiger partial charge in [-0.2, -0.15) is 0 Å². The Morgan fingerprint density at radius 2 is 1.37 bits per heavy atom. The molecule has 19 heavy (non-hydrogen) atoms. The Hall–Kier alpha value is -2.63. The summed E-state index contributed by atoms with van der Waals surface area (Å²) >= 11 is 0. The smallest absolute Gasteiger partial charge is 0.337 e. The molecule has 1 N–H and O–H groups in total. The fourth-order valence-corrected chi connectivity index (χ4v) is 0.294. The fraction of sp³-hybridized carbons (Fsp3) is 0.154. The number of hydrogen-bond acceptors (Lipinski definition) is 5. The van der Waals surface area contributed by atoms with E-state index in [4.69, 9.17) is 5.11 Å². The van der Waals surface area contributed by atoms with Crippen LogP contribution in [0.25, 0.3) is 0 Å². The number of carbonyl (C=O) groups excluding carboxylic acids is 2. The standard InChI is InChI=1S/C6H8O2.C4H6O2.C3H4O2/c1-4-8-6(7)5(2)3;1-3-6-4(2)5;1-2-3(4)5/h4H,1-2H2,3H3;3H,1H2,2H3;2H,1H2,(H,4,5). The molecule has 0 heterocycles. The molecule has 0 aromatic carbocycles. The SMILES string of the molecule is C=CC(=O)O.C=COC(=O)C(=C)C.C=COC(C)=O. The Morgan fingerprint density at radius 3 is 1.42 bits per heavy atom. The molecule has 0 amide bonds. The zero-order valence-electron chi connectivity index (χ0n) is 11.0. The predicted octanol–water partition coefficient (Wildman–Crippen LogP) is 2.20. The fourth-order valence-electron chi connectivity index (χ4n) is 0.294. The van der Waals surface area contributed by atoms with Crippen molar-refractivity contribution in [3.05, 3.63) is 50.5 Å². The van der Waals surface area contributed by atoms with Gasteiger partial charge in [0.25, 0.3) is 0 Å². The third-order valence-corrected chi connectivity index (χ3v) is 0.963. The molecular weight excluding hydrogens is 252 g/mol. The van der Waals surface area contributed by atoms with Crippen molar-refractivity contribution in [3.8, 4) is 0 Å². The number of hydrogen-bond donors (Lipinski definition) is 1. The van der Waals surface area contributed by atoms with Gasteiger partial charge in [0.2, 0.25) is 0 Å². The van der Waals surface area contributed by atoms with E-state index in [1.54, 1.807) is 6.92 Å². The highest BCUT2D eigenvalue weighted by atomic mass is 16.5. The lowest BCUT2D eigenvalue weighted by molar-refractivity contribution is -0.135. The van der Waals surface area contributed by atoms with Crippen molar-refractivity contribution in [1.29, 1.82) is 0 Å². The maximum Gasteiger partial charge on any atom is 0.337 e. The summed E-state index contributed by atoms with van der Waals surface area (Å²) in [6.07, 6.45) is 3.01. The summed E-state index contributed by atoms with van der Waals surface area (Å²) in [6, 6.07) is 0. The van der Waals surface area contributed by atoms with Gasteiger partial charge in [-0.15, -0.1) is 0 Å². The number of carbonyl (C=O) groups is 3. The Balaban J connectivity index is -0.000000209.